The minimum absolute atomic E-state index is 0.720. The summed E-state index contributed by atoms with van der Waals surface area (Å²) >= 11 is 0. The van der Waals surface area contributed by atoms with Crippen LogP contribution in [-0.4, -0.2) is 0 Å². The van der Waals surface area contributed by atoms with E-state index in [1.807, 2.05) is 0 Å². The molecule has 0 bridgehead atoms. The zero-order valence-corrected chi connectivity index (χ0v) is 12.0. The van der Waals surface area contributed by atoms with Gasteiger partial charge in [0.25, 0.3) is 0 Å². The highest BCUT2D eigenvalue weighted by Gasteiger charge is 2.13. The Bertz CT molecular complexity index is 218. The van der Waals surface area contributed by atoms with Crippen LogP contribution in [0.25, 0.3) is 0 Å². The van der Waals surface area contributed by atoms with Crippen molar-refractivity contribution >= 4 is 0 Å². The van der Waals surface area contributed by atoms with E-state index < -0.39 is 0 Å². The van der Waals surface area contributed by atoms with Gasteiger partial charge in [0.15, 0.2) is 0 Å². The van der Waals surface area contributed by atoms with E-state index in [1.165, 1.54) is 36.8 Å². The molecule has 16 heavy (non-hydrogen) atoms. The summed E-state index contributed by atoms with van der Waals surface area (Å²) in [5, 5.41) is 0. The lowest BCUT2D eigenvalue weighted by Gasteiger charge is -2.21. The molecular formula is C16H30. The van der Waals surface area contributed by atoms with Crippen molar-refractivity contribution in [3.63, 3.8) is 0 Å². The first-order valence-electron chi connectivity index (χ1n) is 6.82. The molecule has 0 aromatic carbocycles. The van der Waals surface area contributed by atoms with Gasteiger partial charge in [-0.05, 0) is 44.9 Å². The molecule has 2 unspecified atom stereocenters. The summed E-state index contributed by atoms with van der Waals surface area (Å²) < 4.78 is 0. The molecule has 0 spiro atoms. The van der Waals surface area contributed by atoms with Crippen LogP contribution in [0.4, 0.5) is 0 Å². The van der Waals surface area contributed by atoms with E-state index in [2.05, 4.69) is 47.3 Å². The molecule has 0 fully saturated rings. The summed E-state index contributed by atoms with van der Waals surface area (Å²) in [6.07, 6.45) is 8.59. The van der Waals surface area contributed by atoms with Gasteiger partial charge in [0.2, 0.25) is 0 Å². The van der Waals surface area contributed by atoms with Gasteiger partial charge in [0, 0.05) is 0 Å². The average molecular weight is 222 g/mol. The molecule has 0 saturated carbocycles. The number of rotatable bonds is 8. The van der Waals surface area contributed by atoms with Crippen LogP contribution in [-0.2, 0) is 0 Å². The predicted octanol–water partition coefficient (Wildman–Crippen LogP) is 5.75. The highest BCUT2D eigenvalue weighted by molar-refractivity contribution is 5.09. The Morgan fingerprint density at radius 2 is 1.88 bits per heavy atom. The molecule has 0 heterocycles. The topological polar surface area (TPSA) is 0 Å². The molecule has 0 N–H and O–H groups in total. The number of allylic oxidation sites excluding steroid dienone is 3. The van der Waals surface area contributed by atoms with Crippen LogP contribution in [0.15, 0.2) is 23.8 Å². The highest BCUT2D eigenvalue weighted by atomic mass is 14.2. The molecule has 0 nitrogen and oxygen atoms in total. The summed E-state index contributed by atoms with van der Waals surface area (Å²) in [5.41, 5.74) is 2.82. The van der Waals surface area contributed by atoms with Crippen molar-refractivity contribution in [2.45, 2.75) is 66.7 Å². The lowest BCUT2D eigenvalue weighted by atomic mass is 9.85. The van der Waals surface area contributed by atoms with E-state index >= 15 is 0 Å². The van der Waals surface area contributed by atoms with Crippen molar-refractivity contribution in [2.24, 2.45) is 11.8 Å². The second kappa shape index (κ2) is 8.61. The fraction of sp³-hybridized carbons (Fsp3) is 0.750. The summed E-state index contributed by atoms with van der Waals surface area (Å²) in [6, 6.07) is 0. The van der Waals surface area contributed by atoms with Gasteiger partial charge < -0.3 is 0 Å². The van der Waals surface area contributed by atoms with Gasteiger partial charge in [-0.1, -0.05) is 57.4 Å². The molecule has 0 amide bonds. The summed E-state index contributed by atoms with van der Waals surface area (Å²) in [4.78, 5) is 0. The average Bonchev–Trinajstić information content (AvgIpc) is 2.22. The second-order valence-corrected chi connectivity index (χ2v) is 5.38. The van der Waals surface area contributed by atoms with Gasteiger partial charge in [0.05, 0.1) is 0 Å². The maximum Gasteiger partial charge on any atom is -0.0136 e. The van der Waals surface area contributed by atoms with Crippen molar-refractivity contribution < 1.29 is 0 Å². The van der Waals surface area contributed by atoms with Gasteiger partial charge in [-0.3, -0.25) is 0 Å². The molecular weight excluding hydrogens is 192 g/mol. The van der Waals surface area contributed by atoms with Gasteiger partial charge >= 0.3 is 0 Å². The third-order valence-electron chi connectivity index (χ3n) is 3.31. The molecule has 0 heteroatoms. The number of hydrogen-bond acceptors (Lipinski definition) is 0. The summed E-state index contributed by atoms with van der Waals surface area (Å²) in [5.74, 6) is 1.57. The fourth-order valence-electron chi connectivity index (χ4n) is 2.22. The monoisotopic (exact) mass is 222 g/mol. The Morgan fingerprint density at radius 1 is 1.25 bits per heavy atom. The second-order valence-electron chi connectivity index (χ2n) is 5.38. The first kappa shape index (κ1) is 15.5. The van der Waals surface area contributed by atoms with E-state index in [1.54, 1.807) is 0 Å². The van der Waals surface area contributed by atoms with E-state index in [-0.39, 0.29) is 0 Å². The zero-order chi connectivity index (χ0) is 12.6. The summed E-state index contributed by atoms with van der Waals surface area (Å²) in [7, 11) is 0. The minimum Gasteiger partial charge on any atom is -0.0993 e. The van der Waals surface area contributed by atoms with Crippen molar-refractivity contribution in [3.8, 4) is 0 Å². The van der Waals surface area contributed by atoms with Gasteiger partial charge in [-0.2, -0.15) is 0 Å². The molecule has 94 valence electrons. The highest BCUT2D eigenvalue weighted by Crippen LogP contribution is 2.27. The van der Waals surface area contributed by atoms with Gasteiger partial charge in [-0.25, -0.2) is 0 Å². The molecule has 0 aliphatic carbocycles. The lowest BCUT2D eigenvalue weighted by Crippen LogP contribution is -2.08. The molecule has 0 radical (unpaired) electrons. The molecule has 2 atom stereocenters. The Kier molecular flexibility index (Phi) is 8.33. The molecule has 0 aliphatic rings. The quantitative estimate of drug-likeness (QED) is 0.459. The normalized spacial score (nSPS) is 14.3. The molecule has 0 rings (SSSR count). The first-order valence-corrected chi connectivity index (χ1v) is 6.82. The van der Waals surface area contributed by atoms with Crippen LogP contribution >= 0.6 is 0 Å². The lowest BCUT2D eigenvalue weighted by molar-refractivity contribution is 0.396. The van der Waals surface area contributed by atoms with Crippen LogP contribution in [0.1, 0.15) is 66.7 Å². The SMILES string of the molecule is C=C(CC=C(C)C)C(CC)CC(C)CCC. The largest absolute Gasteiger partial charge is 0.0993 e. The Morgan fingerprint density at radius 3 is 2.31 bits per heavy atom. The van der Waals surface area contributed by atoms with Crippen molar-refractivity contribution in [3.05, 3.63) is 23.8 Å². The van der Waals surface area contributed by atoms with E-state index in [9.17, 15) is 0 Å². The zero-order valence-electron chi connectivity index (χ0n) is 12.0. The molecule has 0 saturated heterocycles. The Labute approximate surface area is 103 Å². The van der Waals surface area contributed by atoms with E-state index in [0.29, 0.717) is 0 Å². The predicted molar refractivity (Wildman–Crippen MR) is 75.7 cm³/mol. The van der Waals surface area contributed by atoms with Crippen LogP contribution in [0.3, 0.4) is 0 Å². The maximum absolute atomic E-state index is 4.27. The molecule has 0 aliphatic heterocycles. The third kappa shape index (κ3) is 6.87. The number of hydrogen-bond donors (Lipinski definition) is 0. The standard InChI is InChI=1S/C16H30/c1-7-9-14(5)12-16(8-2)15(6)11-10-13(3)4/h10,14,16H,6-9,11-12H2,1-5H3. The Hall–Kier alpha value is -0.520. The third-order valence-corrected chi connectivity index (χ3v) is 3.31. The molecule has 0 aromatic rings. The van der Waals surface area contributed by atoms with Gasteiger partial charge in [-0.15, -0.1) is 0 Å². The summed E-state index contributed by atoms with van der Waals surface area (Å²) in [6.45, 7) is 15.5. The van der Waals surface area contributed by atoms with Crippen molar-refractivity contribution in [1.29, 1.82) is 0 Å². The fourth-order valence-corrected chi connectivity index (χ4v) is 2.22. The minimum atomic E-state index is 0.720. The van der Waals surface area contributed by atoms with Crippen LogP contribution in [0.5, 0.6) is 0 Å². The van der Waals surface area contributed by atoms with E-state index in [4.69, 9.17) is 0 Å². The van der Waals surface area contributed by atoms with Crippen molar-refractivity contribution in [2.75, 3.05) is 0 Å². The first-order chi connectivity index (χ1) is 7.51. The van der Waals surface area contributed by atoms with Gasteiger partial charge in [0.1, 0.15) is 0 Å². The van der Waals surface area contributed by atoms with Crippen molar-refractivity contribution in [1.82, 2.24) is 0 Å². The van der Waals surface area contributed by atoms with Crippen LogP contribution in [0.2, 0.25) is 0 Å². The van der Waals surface area contributed by atoms with Crippen LogP contribution in [0, 0.1) is 11.8 Å². The smallest absolute Gasteiger partial charge is 0.0136 e. The Balaban J connectivity index is 4.16. The van der Waals surface area contributed by atoms with E-state index in [0.717, 1.165) is 18.3 Å². The maximum atomic E-state index is 4.27. The molecule has 0 aromatic heterocycles. The van der Waals surface area contributed by atoms with Crippen LogP contribution < -0.4 is 0 Å².